The molecule has 0 radical (unpaired) electrons. The highest BCUT2D eigenvalue weighted by Crippen LogP contribution is 2.32. The van der Waals surface area contributed by atoms with E-state index in [1.807, 2.05) is 67.6 Å². The van der Waals surface area contributed by atoms with Crippen LogP contribution in [0.25, 0.3) is 0 Å². The minimum atomic E-state index is 0.453. The SMILES string of the molecule is CCOc1cccc(CNCc2ccccn2)c1OCc1ccc(Cl)cc1. The molecule has 27 heavy (non-hydrogen) atoms. The summed E-state index contributed by atoms with van der Waals surface area (Å²) in [6.07, 6.45) is 1.80. The van der Waals surface area contributed by atoms with Crippen molar-refractivity contribution in [3.05, 3.63) is 88.7 Å². The molecule has 5 heteroatoms. The fraction of sp³-hybridized carbons (Fsp3) is 0.227. The molecular weight excluding hydrogens is 360 g/mol. The average Bonchev–Trinajstić information content (AvgIpc) is 2.70. The molecule has 4 nitrogen and oxygen atoms in total. The summed E-state index contributed by atoms with van der Waals surface area (Å²) in [5.74, 6) is 1.52. The molecule has 1 aromatic heterocycles. The van der Waals surface area contributed by atoms with Gasteiger partial charge in [-0.1, -0.05) is 41.9 Å². The van der Waals surface area contributed by atoms with Crippen molar-refractivity contribution in [2.24, 2.45) is 0 Å². The first-order valence-corrected chi connectivity index (χ1v) is 9.36. The second-order valence-electron chi connectivity index (χ2n) is 6.02. The van der Waals surface area contributed by atoms with Crippen molar-refractivity contribution < 1.29 is 9.47 Å². The fourth-order valence-electron chi connectivity index (χ4n) is 2.70. The molecule has 1 heterocycles. The number of rotatable bonds is 9. The van der Waals surface area contributed by atoms with E-state index in [1.165, 1.54) is 0 Å². The number of pyridine rings is 1. The molecule has 0 aliphatic heterocycles. The molecule has 0 amide bonds. The number of nitrogens with one attached hydrogen (secondary N) is 1. The number of hydrogen-bond donors (Lipinski definition) is 1. The summed E-state index contributed by atoms with van der Waals surface area (Å²) in [6.45, 7) is 4.36. The van der Waals surface area contributed by atoms with Gasteiger partial charge in [-0.15, -0.1) is 0 Å². The summed E-state index contributed by atoms with van der Waals surface area (Å²) >= 11 is 5.95. The van der Waals surface area contributed by atoms with Gasteiger partial charge in [-0.25, -0.2) is 0 Å². The molecule has 3 rings (SSSR count). The van der Waals surface area contributed by atoms with E-state index in [1.54, 1.807) is 6.20 Å². The van der Waals surface area contributed by atoms with Gasteiger partial charge in [-0.3, -0.25) is 4.98 Å². The van der Waals surface area contributed by atoms with Crippen LogP contribution in [0.3, 0.4) is 0 Å². The van der Waals surface area contributed by atoms with E-state index in [0.717, 1.165) is 28.3 Å². The van der Waals surface area contributed by atoms with Gasteiger partial charge in [0.15, 0.2) is 11.5 Å². The lowest BCUT2D eigenvalue weighted by atomic mass is 10.1. The largest absolute Gasteiger partial charge is 0.490 e. The van der Waals surface area contributed by atoms with Crippen LogP contribution >= 0.6 is 11.6 Å². The lowest BCUT2D eigenvalue weighted by Crippen LogP contribution is -2.15. The molecule has 0 bridgehead atoms. The first kappa shape index (κ1) is 19.2. The lowest BCUT2D eigenvalue weighted by molar-refractivity contribution is 0.266. The van der Waals surface area contributed by atoms with Crippen LogP contribution in [0.2, 0.25) is 5.02 Å². The Kier molecular flexibility index (Phi) is 7.08. The van der Waals surface area contributed by atoms with Crippen molar-refractivity contribution in [3.63, 3.8) is 0 Å². The second-order valence-corrected chi connectivity index (χ2v) is 6.45. The molecule has 0 saturated heterocycles. The number of halogens is 1. The van der Waals surface area contributed by atoms with Crippen molar-refractivity contribution in [1.29, 1.82) is 0 Å². The summed E-state index contributed by atoms with van der Waals surface area (Å²) in [7, 11) is 0. The quantitative estimate of drug-likeness (QED) is 0.565. The Balaban J connectivity index is 1.70. The third-order valence-electron chi connectivity index (χ3n) is 4.00. The molecule has 2 aromatic carbocycles. The summed E-state index contributed by atoms with van der Waals surface area (Å²) in [6, 6.07) is 19.5. The molecule has 0 fully saturated rings. The van der Waals surface area contributed by atoms with Crippen LogP contribution in [-0.2, 0) is 19.7 Å². The van der Waals surface area contributed by atoms with Gasteiger partial charge in [0, 0.05) is 29.9 Å². The monoisotopic (exact) mass is 382 g/mol. The smallest absolute Gasteiger partial charge is 0.166 e. The van der Waals surface area contributed by atoms with Gasteiger partial charge >= 0.3 is 0 Å². The highest BCUT2D eigenvalue weighted by molar-refractivity contribution is 6.30. The number of nitrogens with zero attached hydrogens (tertiary/aromatic N) is 1. The molecule has 0 unspecified atom stereocenters. The van der Waals surface area contributed by atoms with Gasteiger partial charge in [-0.05, 0) is 42.8 Å². The molecule has 0 saturated carbocycles. The van der Waals surface area contributed by atoms with Gasteiger partial charge in [-0.2, -0.15) is 0 Å². The Bertz CT molecular complexity index is 839. The van der Waals surface area contributed by atoms with E-state index < -0.39 is 0 Å². The Morgan fingerprint density at radius 3 is 2.52 bits per heavy atom. The molecule has 3 aromatic rings. The highest BCUT2D eigenvalue weighted by Gasteiger charge is 2.11. The zero-order valence-corrected chi connectivity index (χ0v) is 16.1. The Morgan fingerprint density at radius 1 is 0.926 bits per heavy atom. The molecule has 1 N–H and O–H groups in total. The first-order chi connectivity index (χ1) is 13.3. The van der Waals surface area contributed by atoms with Crippen molar-refractivity contribution in [1.82, 2.24) is 10.3 Å². The van der Waals surface area contributed by atoms with Crippen molar-refractivity contribution in [3.8, 4) is 11.5 Å². The van der Waals surface area contributed by atoms with Gasteiger partial charge < -0.3 is 14.8 Å². The number of benzene rings is 2. The summed E-state index contributed by atoms with van der Waals surface area (Å²) in [4.78, 5) is 4.33. The summed E-state index contributed by atoms with van der Waals surface area (Å²) in [5.41, 5.74) is 3.10. The van der Waals surface area contributed by atoms with Gasteiger partial charge in [0.25, 0.3) is 0 Å². The van der Waals surface area contributed by atoms with Crippen molar-refractivity contribution in [2.75, 3.05) is 6.61 Å². The van der Waals surface area contributed by atoms with E-state index >= 15 is 0 Å². The standard InChI is InChI=1S/C22H23ClN2O2/c1-2-26-21-8-5-6-18(14-24-15-20-7-3-4-13-25-20)22(21)27-16-17-9-11-19(23)12-10-17/h3-13,24H,2,14-16H2,1H3. The third-order valence-corrected chi connectivity index (χ3v) is 4.26. The highest BCUT2D eigenvalue weighted by atomic mass is 35.5. The summed E-state index contributed by atoms with van der Waals surface area (Å²) in [5, 5.41) is 4.13. The number of ether oxygens (including phenoxy) is 2. The van der Waals surface area contributed by atoms with Crippen molar-refractivity contribution >= 4 is 11.6 Å². The zero-order chi connectivity index (χ0) is 18.9. The predicted octanol–water partition coefficient (Wildman–Crippen LogP) is 5.00. The van der Waals surface area contributed by atoms with Crippen molar-refractivity contribution in [2.45, 2.75) is 26.6 Å². The van der Waals surface area contributed by atoms with Crippen LogP contribution in [0.5, 0.6) is 11.5 Å². The van der Waals surface area contributed by atoms with E-state index in [4.69, 9.17) is 21.1 Å². The Hall–Kier alpha value is -2.56. The Labute approximate surface area is 165 Å². The van der Waals surface area contributed by atoms with E-state index in [2.05, 4.69) is 10.3 Å². The molecular formula is C22H23ClN2O2. The Morgan fingerprint density at radius 2 is 1.78 bits per heavy atom. The van der Waals surface area contributed by atoms with Crippen LogP contribution in [0.15, 0.2) is 66.9 Å². The normalized spacial score (nSPS) is 10.6. The van der Waals surface area contributed by atoms with Gasteiger partial charge in [0.2, 0.25) is 0 Å². The maximum Gasteiger partial charge on any atom is 0.166 e. The maximum absolute atomic E-state index is 6.13. The van der Waals surface area contributed by atoms with Crippen LogP contribution < -0.4 is 14.8 Å². The second kappa shape index (κ2) is 9.95. The average molecular weight is 383 g/mol. The predicted molar refractivity (Wildman–Crippen MR) is 108 cm³/mol. The zero-order valence-electron chi connectivity index (χ0n) is 15.3. The van der Waals surface area contributed by atoms with Crippen LogP contribution in [0.4, 0.5) is 0 Å². The topological polar surface area (TPSA) is 43.4 Å². The molecule has 140 valence electrons. The number of para-hydroxylation sites is 1. The van der Waals surface area contributed by atoms with Gasteiger partial charge in [0.05, 0.1) is 12.3 Å². The van der Waals surface area contributed by atoms with Crippen LogP contribution in [0.1, 0.15) is 23.7 Å². The maximum atomic E-state index is 6.13. The van der Waals surface area contributed by atoms with E-state index in [0.29, 0.717) is 31.3 Å². The molecule has 0 aliphatic carbocycles. The minimum absolute atomic E-state index is 0.453. The lowest BCUT2D eigenvalue weighted by Gasteiger charge is -2.16. The van der Waals surface area contributed by atoms with Crippen LogP contribution in [-0.4, -0.2) is 11.6 Å². The molecule has 0 aliphatic rings. The number of aromatic nitrogens is 1. The molecule has 0 atom stereocenters. The van der Waals surface area contributed by atoms with E-state index in [-0.39, 0.29) is 0 Å². The van der Waals surface area contributed by atoms with Crippen LogP contribution in [0, 0.1) is 0 Å². The first-order valence-electron chi connectivity index (χ1n) is 8.99. The number of hydrogen-bond acceptors (Lipinski definition) is 4. The fourth-order valence-corrected chi connectivity index (χ4v) is 2.82. The third kappa shape index (κ3) is 5.71. The molecule has 0 spiro atoms. The minimum Gasteiger partial charge on any atom is -0.490 e. The summed E-state index contributed by atoms with van der Waals surface area (Å²) < 4.78 is 11.9. The van der Waals surface area contributed by atoms with Gasteiger partial charge in [0.1, 0.15) is 6.61 Å². The van der Waals surface area contributed by atoms with E-state index in [9.17, 15) is 0 Å².